The zero-order chi connectivity index (χ0) is 15.2. The van der Waals surface area contributed by atoms with Gasteiger partial charge in [0.2, 0.25) is 5.91 Å². The summed E-state index contributed by atoms with van der Waals surface area (Å²) in [7, 11) is 1.38. The Balaban J connectivity index is 2.16. The van der Waals surface area contributed by atoms with Crippen LogP contribution in [0.5, 0.6) is 0 Å². The Bertz CT molecular complexity index is 527. The fourth-order valence-electron chi connectivity index (χ4n) is 2.54. The smallest absolute Gasteiger partial charge is 0.341 e. The van der Waals surface area contributed by atoms with Crippen LogP contribution in [0, 0.1) is 0 Å². The number of ether oxygens (including phenoxy) is 1. The molecule has 1 aliphatic rings. The lowest BCUT2D eigenvalue weighted by molar-refractivity contribution is -0.116. The molecule has 4 nitrogen and oxygen atoms in total. The van der Waals surface area contributed by atoms with Crippen LogP contribution < -0.4 is 5.32 Å². The zero-order valence-corrected chi connectivity index (χ0v) is 13.7. The number of esters is 1. The summed E-state index contributed by atoms with van der Waals surface area (Å²) in [4.78, 5) is 25.2. The van der Waals surface area contributed by atoms with Gasteiger partial charge in [0, 0.05) is 17.2 Å². The van der Waals surface area contributed by atoms with E-state index >= 15 is 0 Å². The summed E-state index contributed by atoms with van der Waals surface area (Å²) in [5.74, 6) is 0.142. The number of unbranched alkanes of at least 4 members (excludes halogenated alkanes) is 1. The van der Waals surface area contributed by atoms with Crippen LogP contribution in [0.2, 0.25) is 0 Å². The van der Waals surface area contributed by atoms with E-state index in [0.29, 0.717) is 22.9 Å². The Hall–Kier alpha value is -1.07. The maximum atomic E-state index is 12.0. The molecule has 1 aliphatic carbocycles. The number of anilines is 1. The van der Waals surface area contributed by atoms with E-state index in [4.69, 9.17) is 16.3 Å². The molecule has 1 aromatic heterocycles. The van der Waals surface area contributed by atoms with Crippen molar-refractivity contribution in [1.82, 2.24) is 0 Å². The van der Waals surface area contributed by atoms with Crippen molar-refractivity contribution in [1.29, 1.82) is 0 Å². The molecule has 1 aromatic rings. The third-order valence-electron chi connectivity index (χ3n) is 3.60. The summed E-state index contributed by atoms with van der Waals surface area (Å²) in [6, 6.07) is 0. The number of amides is 1. The third-order valence-corrected chi connectivity index (χ3v) is 5.08. The molecular weight excluding hydrogens is 310 g/mol. The van der Waals surface area contributed by atoms with E-state index in [-0.39, 0.29) is 11.9 Å². The molecule has 6 heteroatoms. The fourth-order valence-corrected chi connectivity index (χ4v) is 4.02. The van der Waals surface area contributed by atoms with Crippen molar-refractivity contribution in [2.45, 2.75) is 44.9 Å². The van der Waals surface area contributed by atoms with Gasteiger partial charge in [-0.25, -0.2) is 4.79 Å². The fraction of sp³-hybridized carbons (Fsp3) is 0.600. The van der Waals surface area contributed by atoms with Gasteiger partial charge in [-0.05, 0) is 44.1 Å². The molecule has 0 fully saturated rings. The minimum atomic E-state index is -0.356. The van der Waals surface area contributed by atoms with Gasteiger partial charge >= 0.3 is 5.97 Å². The quantitative estimate of drug-likeness (QED) is 0.491. The Morgan fingerprint density at radius 1 is 1.29 bits per heavy atom. The monoisotopic (exact) mass is 329 g/mol. The van der Waals surface area contributed by atoms with E-state index in [0.717, 1.165) is 44.1 Å². The van der Waals surface area contributed by atoms with Crippen molar-refractivity contribution in [3.8, 4) is 0 Å². The SMILES string of the molecule is COC(=O)c1c(NC(=O)CCCCCl)sc2c1CCCC2. The Kier molecular flexibility index (Phi) is 6.06. The van der Waals surface area contributed by atoms with Gasteiger partial charge in [0.1, 0.15) is 5.00 Å². The second-order valence-electron chi connectivity index (χ2n) is 5.10. The van der Waals surface area contributed by atoms with Crippen molar-refractivity contribution >= 4 is 39.8 Å². The molecule has 1 amide bonds. The number of aryl methyl sites for hydroxylation is 1. The summed E-state index contributed by atoms with van der Waals surface area (Å²) in [6.45, 7) is 0. The van der Waals surface area contributed by atoms with E-state index in [1.54, 1.807) is 0 Å². The first-order valence-corrected chi connectivity index (χ1v) is 8.61. The maximum absolute atomic E-state index is 12.0. The Labute approximate surface area is 133 Å². The molecule has 0 aromatic carbocycles. The van der Waals surface area contributed by atoms with Crippen molar-refractivity contribution in [2.75, 3.05) is 18.3 Å². The summed E-state index contributed by atoms with van der Waals surface area (Å²) in [6.07, 6.45) is 6.09. The number of carbonyl (C=O) groups is 2. The lowest BCUT2D eigenvalue weighted by Gasteiger charge is -2.11. The minimum absolute atomic E-state index is 0.0659. The number of alkyl halides is 1. The summed E-state index contributed by atoms with van der Waals surface area (Å²) >= 11 is 7.12. The second-order valence-corrected chi connectivity index (χ2v) is 6.58. The van der Waals surface area contributed by atoms with E-state index in [1.807, 2.05) is 0 Å². The van der Waals surface area contributed by atoms with Crippen molar-refractivity contribution < 1.29 is 14.3 Å². The molecule has 0 aliphatic heterocycles. The first-order valence-electron chi connectivity index (χ1n) is 7.26. The number of thiophene rings is 1. The number of methoxy groups -OCH3 is 1. The van der Waals surface area contributed by atoms with Gasteiger partial charge in [-0.2, -0.15) is 0 Å². The standard InChI is InChI=1S/C15H20ClNO3S/c1-20-15(19)13-10-6-2-3-7-11(10)21-14(13)17-12(18)8-4-5-9-16/h2-9H2,1H3,(H,17,18). The highest BCUT2D eigenvalue weighted by Gasteiger charge is 2.26. The summed E-state index contributed by atoms with van der Waals surface area (Å²) < 4.78 is 4.88. The van der Waals surface area contributed by atoms with Crippen molar-refractivity contribution in [3.63, 3.8) is 0 Å². The number of fused-ring (bicyclic) bond motifs is 1. The topological polar surface area (TPSA) is 55.4 Å². The van der Waals surface area contributed by atoms with Gasteiger partial charge in [0.25, 0.3) is 0 Å². The van der Waals surface area contributed by atoms with Crippen LogP contribution in [0.4, 0.5) is 5.00 Å². The van der Waals surface area contributed by atoms with Crippen LogP contribution >= 0.6 is 22.9 Å². The van der Waals surface area contributed by atoms with E-state index in [2.05, 4.69) is 5.32 Å². The number of rotatable bonds is 6. The molecular formula is C15H20ClNO3S. The van der Waals surface area contributed by atoms with Crippen LogP contribution in [0.15, 0.2) is 0 Å². The highest BCUT2D eigenvalue weighted by atomic mass is 35.5. The van der Waals surface area contributed by atoms with Crippen LogP contribution in [-0.2, 0) is 22.4 Å². The van der Waals surface area contributed by atoms with Gasteiger partial charge in [-0.1, -0.05) is 0 Å². The lowest BCUT2D eigenvalue weighted by Crippen LogP contribution is -2.14. The summed E-state index contributed by atoms with van der Waals surface area (Å²) in [5, 5.41) is 3.52. The van der Waals surface area contributed by atoms with E-state index in [1.165, 1.54) is 23.3 Å². The second kappa shape index (κ2) is 7.80. The number of hydrogen-bond donors (Lipinski definition) is 1. The van der Waals surface area contributed by atoms with Gasteiger partial charge in [0.15, 0.2) is 0 Å². The van der Waals surface area contributed by atoms with Gasteiger partial charge < -0.3 is 10.1 Å². The van der Waals surface area contributed by atoms with Crippen molar-refractivity contribution in [3.05, 3.63) is 16.0 Å². The molecule has 0 atom stereocenters. The first-order chi connectivity index (χ1) is 10.2. The van der Waals surface area contributed by atoms with Gasteiger partial charge in [0.05, 0.1) is 12.7 Å². The molecule has 0 saturated carbocycles. The first kappa shape index (κ1) is 16.3. The molecule has 21 heavy (non-hydrogen) atoms. The maximum Gasteiger partial charge on any atom is 0.341 e. The number of hydrogen-bond acceptors (Lipinski definition) is 4. The van der Waals surface area contributed by atoms with Crippen LogP contribution in [0.1, 0.15) is 52.9 Å². The van der Waals surface area contributed by atoms with E-state index in [9.17, 15) is 9.59 Å². The number of nitrogens with one attached hydrogen (secondary N) is 1. The molecule has 116 valence electrons. The minimum Gasteiger partial charge on any atom is -0.465 e. The molecule has 1 N–H and O–H groups in total. The van der Waals surface area contributed by atoms with Gasteiger partial charge in [-0.15, -0.1) is 22.9 Å². The molecule has 1 heterocycles. The largest absolute Gasteiger partial charge is 0.465 e. The Morgan fingerprint density at radius 3 is 2.76 bits per heavy atom. The predicted molar refractivity (Wildman–Crippen MR) is 85.5 cm³/mol. The van der Waals surface area contributed by atoms with Crippen molar-refractivity contribution in [2.24, 2.45) is 0 Å². The third kappa shape index (κ3) is 3.98. The summed E-state index contributed by atoms with van der Waals surface area (Å²) in [5.41, 5.74) is 1.62. The van der Waals surface area contributed by atoms with Crippen LogP contribution in [-0.4, -0.2) is 24.9 Å². The van der Waals surface area contributed by atoms with Gasteiger partial charge in [-0.3, -0.25) is 4.79 Å². The highest BCUT2D eigenvalue weighted by Crippen LogP contribution is 2.38. The number of halogens is 1. The van der Waals surface area contributed by atoms with Crippen LogP contribution in [0.25, 0.3) is 0 Å². The highest BCUT2D eigenvalue weighted by molar-refractivity contribution is 7.17. The normalized spacial score (nSPS) is 13.6. The average molecular weight is 330 g/mol. The zero-order valence-electron chi connectivity index (χ0n) is 12.2. The van der Waals surface area contributed by atoms with Crippen LogP contribution in [0.3, 0.4) is 0 Å². The molecule has 2 rings (SSSR count). The van der Waals surface area contributed by atoms with E-state index < -0.39 is 0 Å². The molecule has 0 saturated heterocycles. The Morgan fingerprint density at radius 2 is 2.05 bits per heavy atom. The molecule has 0 radical (unpaired) electrons. The molecule has 0 unspecified atom stereocenters. The predicted octanol–water partition coefficient (Wildman–Crippen LogP) is 3.76. The number of carbonyl (C=O) groups excluding carboxylic acids is 2. The average Bonchev–Trinajstić information content (AvgIpc) is 2.84. The molecule has 0 bridgehead atoms. The lowest BCUT2D eigenvalue weighted by atomic mass is 9.95. The molecule has 0 spiro atoms.